The molecule has 0 rings (SSSR count). The molecule has 0 aliphatic heterocycles. The minimum absolute atomic E-state index is 0.0307. The van der Waals surface area contributed by atoms with Crippen molar-refractivity contribution in [3.63, 3.8) is 0 Å². The Morgan fingerprint density at radius 2 is 1.83 bits per heavy atom. The van der Waals surface area contributed by atoms with Crippen molar-refractivity contribution in [2.24, 2.45) is 0 Å². The van der Waals surface area contributed by atoms with Gasteiger partial charge in [-0.2, -0.15) is 8.42 Å². The molecule has 18 heavy (non-hydrogen) atoms. The van der Waals surface area contributed by atoms with Gasteiger partial charge in [-0.15, -0.1) is 0 Å². The molecule has 5 nitrogen and oxygen atoms in total. The first-order valence-electron chi connectivity index (χ1n) is 4.69. The number of halogens is 3. The Balaban J connectivity index is 4.69. The van der Waals surface area contributed by atoms with Crippen LogP contribution in [0.1, 0.15) is 20.3 Å². The first kappa shape index (κ1) is 16.9. The fraction of sp³-hybridized carbons (Fsp3) is 0.667. The molecule has 1 unspecified atom stereocenters. The van der Waals surface area contributed by atoms with Gasteiger partial charge in [0.05, 0.1) is 13.0 Å². The quantitative estimate of drug-likeness (QED) is 0.457. The van der Waals surface area contributed by atoms with Gasteiger partial charge in [0.15, 0.2) is 0 Å². The lowest BCUT2D eigenvalue weighted by molar-refractivity contribution is -0.145. The molecule has 0 aromatic heterocycles. The van der Waals surface area contributed by atoms with E-state index in [2.05, 4.69) is 11.3 Å². The Labute approximate surface area is 102 Å². The Hall–Kier alpha value is -1.09. The van der Waals surface area contributed by atoms with Gasteiger partial charge in [0.1, 0.15) is 0 Å². The van der Waals surface area contributed by atoms with E-state index in [1.807, 2.05) is 0 Å². The maximum absolute atomic E-state index is 13.3. The Kier molecular flexibility index (Phi) is 4.95. The van der Waals surface area contributed by atoms with E-state index in [9.17, 15) is 26.4 Å². The minimum atomic E-state index is -5.60. The number of rotatable bonds is 6. The molecule has 0 fully saturated rings. The van der Waals surface area contributed by atoms with E-state index in [0.717, 1.165) is 0 Å². The molecule has 0 bridgehead atoms. The van der Waals surface area contributed by atoms with Gasteiger partial charge < -0.3 is 4.74 Å². The molecule has 106 valence electrons. The van der Waals surface area contributed by atoms with E-state index < -0.39 is 40.0 Å². The SMILES string of the molecule is C=C(C)C(=O)OCCC(F)(F)C(C)(F)S(=O)(=O)O. The summed E-state index contributed by atoms with van der Waals surface area (Å²) < 4.78 is 73.4. The van der Waals surface area contributed by atoms with Gasteiger partial charge in [-0.3, -0.25) is 4.55 Å². The van der Waals surface area contributed by atoms with E-state index in [1.54, 1.807) is 0 Å². The van der Waals surface area contributed by atoms with Crippen LogP contribution in [0.2, 0.25) is 0 Å². The highest BCUT2D eigenvalue weighted by Crippen LogP contribution is 2.38. The van der Waals surface area contributed by atoms with Crippen LogP contribution in [-0.4, -0.2) is 36.5 Å². The van der Waals surface area contributed by atoms with Gasteiger partial charge in [-0.1, -0.05) is 6.58 Å². The van der Waals surface area contributed by atoms with Gasteiger partial charge in [-0.25, -0.2) is 18.0 Å². The predicted octanol–water partition coefficient (Wildman–Crippen LogP) is 1.70. The zero-order chi connectivity index (χ0) is 14.8. The summed E-state index contributed by atoms with van der Waals surface area (Å²) in [7, 11) is -5.60. The molecule has 0 aromatic carbocycles. The highest BCUT2D eigenvalue weighted by atomic mass is 32.2. The van der Waals surface area contributed by atoms with Gasteiger partial charge in [0.25, 0.3) is 5.00 Å². The smallest absolute Gasteiger partial charge is 0.333 e. The molecule has 0 aromatic rings. The van der Waals surface area contributed by atoms with Gasteiger partial charge in [0.2, 0.25) is 0 Å². The summed E-state index contributed by atoms with van der Waals surface area (Å²) in [5, 5.41) is -4.16. The van der Waals surface area contributed by atoms with Gasteiger partial charge in [0, 0.05) is 5.57 Å². The van der Waals surface area contributed by atoms with Crippen molar-refractivity contribution >= 4 is 16.1 Å². The summed E-state index contributed by atoms with van der Waals surface area (Å²) in [6, 6.07) is 0. The van der Waals surface area contributed by atoms with Crippen LogP contribution in [-0.2, 0) is 19.6 Å². The van der Waals surface area contributed by atoms with E-state index in [-0.39, 0.29) is 12.5 Å². The first-order chi connectivity index (χ1) is 7.83. The summed E-state index contributed by atoms with van der Waals surface area (Å²) >= 11 is 0. The number of esters is 1. The standard InChI is InChI=1S/C9H13F3O5S/c1-6(2)7(13)17-5-4-9(11,12)8(3,10)18(14,15)16/h1,4-5H2,2-3H3,(H,14,15,16). The zero-order valence-corrected chi connectivity index (χ0v) is 10.6. The minimum Gasteiger partial charge on any atom is -0.462 e. The van der Waals surface area contributed by atoms with Crippen LogP contribution >= 0.6 is 0 Å². The molecule has 9 heteroatoms. The maximum atomic E-state index is 13.3. The average molecular weight is 290 g/mol. The number of hydrogen-bond acceptors (Lipinski definition) is 4. The van der Waals surface area contributed by atoms with Crippen LogP contribution in [0.25, 0.3) is 0 Å². The molecule has 0 aliphatic carbocycles. The molecule has 0 spiro atoms. The van der Waals surface area contributed by atoms with Crippen LogP contribution in [0, 0.1) is 0 Å². The van der Waals surface area contributed by atoms with E-state index >= 15 is 0 Å². The highest BCUT2D eigenvalue weighted by Gasteiger charge is 2.60. The van der Waals surface area contributed by atoms with Crippen molar-refractivity contribution in [2.45, 2.75) is 31.2 Å². The molecule has 1 atom stereocenters. The number of carbonyl (C=O) groups excluding carboxylic acids is 1. The van der Waals surface area contributed by atoms with E-state index in [1.165, 1.54) is 6.92 Å². The average Bonchev–Trinajstić information content (AvgIpc) is 2.14. The molecular weight excluding hydrogens is 277 g/mol. The van der Waals surface area contributed by atoms with Gasteiger partial charge >= 0.3 is 22.0 Å². The Morgan fingerprint density at radius 3 is 2.17 bits per heavy atom. The fourth-order valence-electron chi connectivity index (χ4n) is 0.807. The number of carbonyl (C=O) groups is 1. The van der Waals surface area contributed by atoms with Crippen molar-refractivity contribution in [1.82, 2.24) is 0 Å². The molecular formula is C9H13F3O5S. The van der Waals surface area contributed by atoms with Crippen molar-refractivity contribution < 1.29 is 35.7 Å². The molecule has 1 N–H and O–H groups in total. The highest BCUT2D eigenvalue weighted by molar-refractivity contribution is 7.87. The van der Waals surface area contributed by atoms with E-state index in [0.29, 0.717) is 0 Å². The van der Waals surface area contributed by atoms with Crippen molar-refractivity contribution in [1.29, 1.82) is 0 Å². The third kappa shape index (κ3) is 3.70. The molecule has 0 saturated heterocycles. The summed E-state index contributed by atoms with van der Waals surface area (Å²) in [4.78, 5) is 10.8. The van der Waals surface area contributed by atoms with E-state index in [4.69, 9.17) is 4.55 Å². The van der Waals surface area contributed by atoms with Crippen LogP contribution in [0.4, 0.5) is 13.2 Å². The summed E-state index contributed by atoms with van der Waals surface area (Å²) in [5.74, 6) is -5.37. The normalized spacial score (nSPS) is 15.9. The largest absolute Gasteiger partial charge is 0.462 e. The first-order valence-corrected chi connectivity index (χ1v) is 6.13. The summed E-state index contributed by atoms with van der Waals surface area (Å²) in [5.41, 5.74) is -0.0453. The fourth-order valence-corrected chi connectivity index (χ4v) is 1.29. The monoisotopic (exact) mass is 290 g/mol. The second-order valence-corrected chi connectivity index (χ2v) is 5.48. The lowest BCUT2D eigenvalue weighted by Crippen LogP contribution is -2.48. The topological polar surface area (TPSA) is 80.7 Å². The summed E-state index contributed by atoms with van der Waals surface area (Å²) in [6.45, 7) is 3.58. The Morgan fingerprint density at radius 1 is 1.39 bits per heavy atom. The zero-order valence-electron chi connectivity index (χ0n) is 9.74. The molecule has 0 aliphatic rings. The van der Waals surface area contributed by atoms with Crippen LogP contribution in [0.5, 0.6) is 0 Å². The molecule has 0 amide bonds. The number of alkyl halides is 3. The van der Waals surface area contributed by atoms with Crippen LogP contribution in [0.3, 0.4) is 0 Å². The maximum Gasteiger partial charge on any atom is 0.333 e. The third-order valence-electron chi connectivity index (χ3n) is 2.14. The molecule has 0 radical (unpaired) electrons. The second-order valence-electron chi connectivity index (χ2n) is 3.76. The van der Waals surface area contributed by atoms with Crippen molar-refractivity contribution in [3.05, 3.63) is 12.2 Å². The molecule has 0 saturated carbocycles. The number of ether oxygens (including phenoxy) is 1. The lowest BCUT2D eigenvalue weighted by Gasteiger charge is -2.27. The van der Waals surface area contributed by atoms with Crippen LogP contribution < -0.4 is 0 Å². The predicted molar refractivity (Wildman–Crippen MR) is 56.4 cm³/mol. The molecule has 0 heterocycles. The third-order valence-corrected chi connectivity index (χ3v) is 3.40. The lowest BCUT2D eigenvalue weighted by atomic mass is 10.1. The van der Waals surface area contributed by atoms with Gasteiger partial charge in [-0.05, 0) is 13.8 Å². The van der Waals surface area contributed by atoms with Crippen molar-refractivity contribution in [3.8, 4) is 0 Å². The van der Waals surface area contributed by atoms with Crippen molar-refractivity contribution in [2.75, 3.05) is 6.61 Å². The number of hydrogen-bond donors (Lipinski definition) is 1. The second kappa shape index (κ2) is 5.27. The Bertz CT molecular complexity index is 441. The summed E-state index contributed by atoms with van der Waals surface area (Å²) in [6.07, 6.45) is -1.39. The van der Waals surface area contributed by atoms with Crippen LogP contribution in [0.15, 0.2) is 12.2 Å².